The van der Waals surface area contributed by atoms with Crippen LogP contribution in [0.1, 0.15) is 30.2 Å². The molecular formula is C13H22N2S. The van der Waals surface area contributed by atoms with Crippen LogP contribution >= 0.6 is 11.3 Å². The molecule has 1 saturated heterocycles. The van der Waals surface area contributed by atoms with Crippen LogP contribution in [0.15, 0.2) is 11.4 Å². The summed E-state index contributed by atoms with van der Waals surface area (Å²) >= 11 is 1.87. The number of thiophene rings is 1. The lowest BCUT2D eigenvalue weighted by molar-refractivity contribution is 0.198. The Hall–Kier alpha value is -0.380. The summed E-state index contributed by atoms with van der Waals surface area (Å²) in [6, 6.07) is 2.90. The Labute approximate surface area is 103 Å². The fourth-order valence-electron chi connectivity index (χ4n) is 2.33. The minimum Gasteiger partial charge on any atom is -0.308 e. The van der Waals surface area contributed by atoms with Gasteiger partial charge < -0.3 is 10.2 Å². The molecule has 0 saturated carbocycles. The highest BCUT2D eigenvalue weighted by molar-refractivity contribution is 7.10. The maximum atomic E-state index is 3.70. The molecular weight excluding hydrogens is 216 g/mol. The van der Waals surface area contributed by atoms with Crippen LogP contribution in [-0.2, 0) is 6.54 Å². The molecule has 90 valence electrons. The second-order valence-corrected chi connectivity index (χ2v) is 5.64. The van der Waals surface area contributed by atoms with Crippen molar-refractivity contribution in [2.75, 3.05) is 19.6 Å². The zero-order valence-corrected chi connectivity index (χ0v) is 11.1. The molecule has 1 aliphatic rings. The zero-order chi connectivity index (χ0) is 11.4. The molecule has 1 unspecified atom stereocenters. The Morgan fingerprint density at radius 2 is 2.44 bits per heavy atom. The minimum atomic E-state index is 0.690. The molecule has 0 radical (unpaired) electrons. The topological polar surface area (TPSA) is 15.3 Å². The zero-order valence-electron chi connectivity index (χ0n) is 10.3. The van der Waals surface area contributed by atoms with E-state index >= 15 is 0 Å². The summed E-state index contributed by atoms with van der Waals surface area (Å²) in [7, 11) is 0. The first-order valence-corrected chi connectivity index (χ1v) is 7.16. The first-order valence-electron chi connectivity index (χ1n) is 6.28. The molecule has 0 aliphatic carbocycles. The third kappa shape index (κ3) is 3.06. The summed E-state index contributed by atoms with van der Waals surface area (Å²) in [5.74, 6) is 0. The van der Waals surface area contributed by atoms with Crippen LogP contribution in [-0.4, -0.2) is 30.6 Å². The molecule has 0 spiro atoms. The maximum Gasteiger partial charge on any atom is 0.0305 e. The van der Waals surface area contributed by atoms with Crippen LogP contribution in [0.3, 0.4) is 0 Å². The van der Waals surface area contributed by atoms with E-state index in [0.717, 1.165) is 6.54 Å². The van der Waals surface area contributed by atoms with Gasteiger partial charge in [0.05, 0.1) is 0 Å². The number of nitrogens with one attached hydrogen (secondary N) is 1. The number of hydrogen-bond acceptors (Lipinski definition) is 3. The van der Waals surface area contributed by atoms with E-state index in [-0.39, 0.29) is 0 Å². The van der Waals surface area contributed by atoms with Gasteiger partial charge in [0.25, 0.3) is 0 Å². The molecule has 2 heterocycles. The molecule has 2 rings (SSSR count). The number of aryl methyl sites for hydroxylation is 1. The van der Waals surface area contributed by atoms with Gasteiger partial charge in [-0.2, -0.15) is 0 Å². The summed E-state index contributed by atoms with van der Waals surface area (Å²) in [6.45, 7) is 9.20. The van der Waals surface area contributed by atoms with E-state index in [9.17, 15) is 0 Å². The lowest BCUT2D eigenvalue weighted by Gasteiger charge is -2.32. The molecule has 0 amide bonds. The largest absolute Gasteiger partial charge is 0.308 e. The predicted molar refractivity (Wildman–Crippen MR) is 71.0 cm³/mol. The van der Waals surface area contributed by atoms with Gasteiger partial charge in [0, 0.05) is 24.0 Å². The van der Waals surface area contributed by atoms with Crippen molar-refractivity contribution in [3.8, 4) is 0 Å². The molecule has 1 aliphatic heterocycles. The van der Waals surface area contributed by atoms with Gasteiger partial charge in [-0.1, -0.05) is 6.92 Å². The highest BCUT2D eigenvalue weighted by Gasteiger charge is 2.18. The van der Waals surface area contributed by atoms with E-state index in [4.69, 9.17) is 0 Å². The number of hydrogen-bond donors (Lipinski definition) is 1. The van der Waals surface area contributed by atoms with Gasteiger partial charge in [0.15, 0.2) is 0 Å². The molecule has 0 aromatic carbocycles. The van der Waals surface area contributed by atoms with E-state index in [1.807, 2.05) is 11.3 Å². The maximum absolute atomic E-state index is 3.70. The Morgan fingerprint density at radius 3 is 3.12 bits per heavy atom. The molecule has 1 atom stereocenters. The van der Waals surface area contributed by atoms with Crippen molar-refractivity contribution in [1.29, 1.82) is 0 Å². The molecule has 0 bridgehead atoms. The quantitative estimate of drug-likeness (QED) is 0.867. The molecule has 2 nitrogen and oxygen atoms in total. The smallest absolute Gasteiger partial charge is 0.0305 e. The fourth-order valence-corrected chi connectivity index (χ4v) is 3.19. The molecule has 1 aromatic rings. The Balaban J connectivity index is 1.79. The standard InChI is InChI=1S/C13H22N2S/c1-3-15-7-4-5-12(10-15)14-9-13-11(2)6-8-16-13/h6,8,12,14H,3-5,7,9-10H2,1-2H3. The lowest BCUT2D eigenvalue weighted by Crippen LogP contribution is -2.45. The monoisotopic (exact) mass is 238 g/mol. The van der Waals surface area contributed by atoms with Gasteiger partial charge in [0.2, 0.25) is 0 Å². The molecule has 1 N–H and O–H groups in total. The van der Waals surface area contributed by atoms with Crippen molar-refractivity contribution in [2.45, 2.75) is 39.3 Å². The van der Waals surface area contributed by atoms with Gasteiger partial charge in [-0.25, -0.2) is 0 Å². The van der Waals surface area contributed by atoms with E-state index < -0.39 is 0 Å². The van der Waals surface area contributed by atoms with Crippen molar-refractivity contribution in [3.05, 3.63) is 21.9 Å². The van der Waals surface area contributed by atoms with E-state index in [1.165, 1.54) is 42.9 Å². The average Bonchev–Trinajstić information content (AvgIpc) is 2.72. The van der Waals surface area contributed by atoms with Crippen LogP contribution in [0.25, 0.3) is 0 Å². The van der Waals surface area contributed by atoms with Crippen molar-refractivity contribution in [3.63, 3.8) is 0 Å². The Morgan fingerprint density at radius 1 is 1.56 bits per heavy atom. The van der Waals surface area contributed by atoms with Gasteiger partial charge in [-0.05, 0) is 49.9 Å². The third-order valence-electron chi connectivity index (χ3n) is 3.47. The summed E-state index contributed by atoms with van der Waals surface area (Å²) < 4.78 is 0. The van der Waals surface area contributed by atoms with Crippen molar-refractivity contribution >= 4 is 11.3 Å². The Kier molecular flexibility index (Phi) is 4.38. The first kappa shape index (κ1) is 12.1. The number of rotatable bonds is 4. The SMILES string of the molecule is CCN1CCCC(NCc2sccc2C)C1. The highest BCUT2D eigenvalue weighted by atomic mass is 32.1. The predicted octanol–water partition coefficient (Wildman–Crippen LogP) is 2.63. The number of likely N-dealkylation sites (tertiary alicyclic amines) is 1. The number of nitrogens with zero attached hydrogens (tertiary/aromatic N) is 1. The highest BCUT2D eigenvalue weighted by Crippen LogP contribution is 2.16. The normalized spacial score (nSPS) is 22.5. The second-order valence-electron chi connectivity index (χ2n) is 4.64. The summed E-state index contributed by atoms with van der Waals surface area (Å²) in [5.41, 5.74) is 1.43. The second kappa shape index (κ2) is 5.80. The van der Waals surface area contributed by atoms with E-state index in [0.29, 0.717) is 6.04 Å². The Bertz CT molecular complexity index is 321. The summed E-state index contributed by atoms with van der Waals surface area (Å²) in [5, 5.41) is 5.88. The van der Waals surface area contributed by atoms with Gasteiger partial charge in [0.1, 0.15) is 0 Å². The van der Waals surface area contributed by atoms with Crippen molar-refractivity contribution in [2.24, 2.45) is 0 Å². The van der Waals surface area contributed by atoms with Crippen LogP contribution in [0.4, 0.5) is 0 Å². The van der Waals surface area contributed by atoms with Crippen molar-refractivity contribution in [1.82, 2.24) is 10.2 Å². The lowest BCUT2D eigenvalue weighted by atomic mass is 10.1. The molecule has 1 fully saturated rings. The fraction of sp³-hybridized carbons (Fsp3) is 0.692. The number of likely N-dealkylation sites (N-methyl/N-ethyl adjacent to an activating group) is 1. The van der Waals surface area contributed by atoms with Gasteiger partial charge in [-0.15, -0.1) is 11.3 Å². The first-order chi connectivity index (χ1) is 7.79. The average molecular weight is 238 g/mol. The minimum absolute atomic E-state index is 0.690. The number of piperidine rings is 1. The van der Waals surface area contributed by atoms with Crippen LogP contribution in [0, 0.1) is 6.92 Å². The van der Waals surface area contributed by atoms with Gasteiger partial charge >= 0.3 is 0 Å². The van der Waals surface area contributed by atoms with E-state index in [1.54, 1.807) is 0 Å². The van der Waals surface area contributed by atoms with E-state index in [2.05, 4.69) is 35.5 Å². The summed E-state index contributed by atoms with van der Waals surface area (Å²) in [6.07, 6.45) is 2.68. The summed E-state index contributed by atoms with van der Waals surface area (Å²) in [4.78, 5) is 4.04. The molecule has 1 aromatic heterocycles. The molecule has 3 heteroatoms. The van der Waals surface area contributed by atoms with Crippen LogP contribution < -0.4 is 5.32 Å². The van der Waals surface area contributed by atoms with Crippen molar-refractivity contribution < 1.29 is 0 Å². The van der Waals surface area contributed by atoms with Crippen LogP contribution in [0.2, 0.25) is 0 Å². The molecule has 16 heavy (non-hydrogen) atoms. The van der Waals surface area contributed by atoms with Crippen LogP contribution in [0.5, 0.6) is 0 Å². The van der Waals surface area contributed by atoms with Gasteiger partial charge in [-0.3, -0.25) is 0 Å². The third-order valence-corrected chi connectivity index (χ3v) is 4.50.